The molecule has 3 N–H and O–H groups in total. The standard InChI is InChI=1S/C10H13N3O5/c1-18-9(16)2-3-12-5-7(4-11)10(17)13-6-8(14)15/h5,12H,2-3,6H2,1H3,(H,13,17)(H,14,15)/b7-5-. The average Bonchev–Trinajstić information content (AvgIpc) is 2.35. The summed E-state index contributed by atoms with van der Waals surface area (Å²) in [4.78, 5) is 32.2. The van der Waals surface area contributed by atoms with E-state index in [1.54, 1.807) is 6.07 Å². The fourth-order valence-electron chi connectivity index (χ4n) is 0.850. The summed E-state index contributed by atoms with van der Waals surface area (Å²) in [6.07, 6.45) is 1.20. The Kier molecular flexibility index (Phi) is 7.36. The van der Waals surface area contributed by atoms with Crippen molar-refractivity contribution in [3.63, 3.8) is 0 Å². The first-order valence-electron chi connectivity index (χ1n) is 4.91. The molecule has 8 nitrogen and oxygen atoms in total. The minimum absolute atomic E-state index is 0.0858. The largest absolute Gasteiger partial charge is 0.480 e. The number of rotatable bonds is 7. The van der Waals surface area contributed by atoms with Crippen LogP contribution in [0.1, 0.15) is 6.42 Å². The van der Waals surface area contributed by atoms with Gasteiger partial charge >= 0.3 is 11.9 Å². The van der Waals surface area contributed by atoms with E-state index in [2.05, 4.69) is 10.1 Å². The fraction of sp³-hybridized carbons (Fsp3) is 0.400. The molecule has 0 bridgehead atoms. The number of carboxylic acids is 1. The van der Waals surface area contributed by atoms with Crippen LogP contribution >= 0.6 is 0 Å². The number of esters is 1. The molecule has 0 aliphatic heterocycles. The third kappa shape index (κ3) is 6.84. The summed E-state index contributed by atoms with van der Waals surface area (Å²) < 4.78 is 4.39. The number of carboxylic acid groups (broad SMARTS) is 1. The van der Waals surface area contributed by atoms with Crippen LogP contribution in [-0.2, 0) is 19.1 Å². The third-order valence-electron chi connectivity index (χ3n) is 1.71. The number of ether oxygens (including phenoxy) is 1. The van der Waals surface area contributed by atoms with Gasteiger partial charge < -0.3 is 20.5 Å². The van der Waals surface area contributed by atoms with Crippen molar-refractivity contribution in [3.8, 4) is 6.07 Å². The lowest BCUT2D eigenvalue weighted by atomic mass is 10.3. The van der Waals surface area contributed by atoms with Crippen LogP contribution in [0, 0.1) is 11.3 Å². The van der Waals surface area contributed by atoms with Gasteiger partial charge in [-0.25, -0.2) is 0 Å². The van der Waals surface area contributed by atoms with E-state index < -0.39 is 24.4 Å². The molecule has 0 aliphatic carbocycles. The topological polar surface area (TPSA) is 129 Å². The van der Waals surface area contributed by atoms with Gasteiger partial charge in [0.15, 0.2) is 0 Å². The molecule has 0 unspecified atom stereocenters. The van der Waals surface area contributed by atoms with Crippen molar-refractivity contribution in [1.82, 2.24) is 10.6 Å². The first kappa shape index (κ1) is 15.4. The quantitative estimate of drug-likeness (QED) is 0.224. The SMILES string of the molecule is COC(=O)CCN/C=C(/C#N)C(=O)NCC(=O)O. The van der Waals surface area contributed by atoms with Crippen LogP contribution in [-0.4, -0.2) is 43.2 Å². The molecule has 0 rings (SSSR count). The number of nitriles is 1. The summed E-state index contributed by atoms with van der Waals surface area (Å²) in [5.41, 5.74) is -0.277. The molecular formula is C10H13N3O5. The predicted octanol–water partition coefficient (Wildman–Crippen LogP) is -1.25. The zero-order valence-electron chi connectivity index (χ0n) is 9.73. The number of hydrogen-bond acceptors (Lipinski definition) is 6. The molecule has 0 saturated carbocycles. The van der Waals surface area contributed by atoms with Crippen molar-refractivity contribution in [3.05, 3.63) is 11.8 Å². The Hall–Kier alpha value is -2.56. The summed E-state index contributed by atoms with van der Waals surface area (Å²) >= 11 is 0. The van der Waals surface area contributed by atoms with Crippen LogP contribution in [0.5, 0.6) is 0 Å². The number of amides is 1. The van der Waals surface area contributed by atoms with Gasteiger partial charge in [-0.2, -0.15) is 5.26 Å². The van der Waals surface area contributed by atoms with E-state index >= 15 is 0 Å². The Labute approximate surface area is 103 Å². The summed E-state index contributed by atoms with van der Waals surface area (Å²) in [5, 5.41) is 21.6. The minimum atomic E-state index is -1.21. The first-order valence-corrected chi connectivity index (χ1v) is 4.91. The van der Waals surface area contributed by atoms with Gasteiger partial charge in [-0.3, -0.25) is 14.4 Å². The Morgan fingerprint density at radius 3 is 2.61 bits per heavy atom. The second-order valence-electron chi connectivity index (χ2n) is 3.03. The summed E-state index contributed by atoms with van der Waals surface area (Å²) in [7, 11) is 1.25. The molecule has 0 aromatic rings. The molecule has 98 valence electrons. The summed E-state index contributed by atoms with van der Waals surface area (Å²) in [6.45, 7) is -0.371. The molecule has 8 heteroatoms. The van der Waals surface area contributed by atoms with Crippen molar-refractivity contribution in [2.75, 3.05) is 20.2 Å². The smallest absolute Gasteiger partial charge is 0.322 e. The number of aliphatic carboxylic acids is 1. The lowest BCUT2D eigenvalue weighted by molar-refractivity contribution is -0.140. The Morgan fingerprint density at radius 1 is 1.44 bits per heavy atom. The van der Waals surface area contributed by atoms with Crippen molar-refractivity contribution in [1.29, 1.82) is 5.26 Å². The fourth-order valence-corrected chi connectivity index (χ4v) is 0.850. The van der Waals surface area contributed by atoms with E-state index in [1.807, 2.05) is 5.32 Å². The van der Waals surface area contributed by atoms with Crippen molar-refractivity contribution < 1.29 is 24.2 Å². The van der Waals surface area contributed by atoms with Crippen molar-refractivity contribution in [2.24, 2.45) is 0 Å². The Bertz CT molecular complexity index is 397. The molecule has 0 aromatic carbocycles. The van der Waals surface area contributed by atoms with Crippen LogP contribution in [0.25, 0.3) is 0 Å². The van der Waals surface area contributed by atoms with Gasteiger partial charge in [0, 0.05) is 12.7 Å². The second kappa shape index (κ2) is 8.58. The van der Waals surface area contributed by atoms with Gasteiger partial charge in [-0.05, 0) is 0 Å². The molecule has 0 saturated heterocycles. The normalized spacial score (nSPS) is 10.1. The van der Waals surface area contributed by atoms with Crippen LogP contribution in [0.15, 0.2) is 11.8 Å². The number of carbonyl (C=O) groups excluding carboxylic acids is 2. The van der Waals surface area contributed by atoms with E-state index in [0.717, 1.165) is 6.20 Å². The molecule has 0 spiro atoms. The van der Waals surface area contributed by atoms with Crippen molar-refractivity contribution >= 4 is 17.8 Å². The predicted molar refractivity (Wildman–Crippen MR) is 59.0 cm³/mol. The number of hydrogen-bond donors (Lipinski definition) is 3. The van der Waals surface area contributed by atoms with E-state index in [1.165, 1.54) is 7.11 Å². The van der Waals surface area contributed by atoms with Crippen LogP contribution < -0.4 is 10.6 Å². The molecule has 0 radical (unpaired) electrons. The lowest BCUT2D eigenvalue weighted by Gasteiger charge is -2.02. The highest BCUT2D eigenvalue weighted by Crippen LogP contribution is 1.90. The Morgan fingerprint density at radius 2 is 2.11 bits per heavy atom. The molecule has 0 fully saturated rings. The van der Waals surface area contributed by atoms with Gasteiger partial charge in [0.1, 0.15) is 18.2 Å². The molecule has 1 amide bonds. The maximum atomic E-state index is 11.3. The number of methoxy groups -OCH3 is 1. The van der Waals surface area contributed by atoms with E-state index in [-0.39, 0.29) is 18.5 Å². The lowest BCUT2D eigenvalue weighted by Crippen LogP contribution is -2.30. The summed E-state index contributed by atoms with van der Waals surface area (Å²) in [6, 6.07) is 1.61. The monoisotopic (exact) mass is 255 g/mol. The third-order valence-corrected chi connectivity index (χ3v) is 1.71. The average molecular weight is 255 g/mol. The summed E-state index contributed by atoms with van der Waals surface area (Å²) in [5.74, 6) is -2.44. The van der Waals surface area contributed by atoms with Gasteiger partial charge in [-0.1, -0.05) is 0 Å². The second-order valence-corrected chi connectivity index (χ2v) is 3.03. The molecule has 0 aliphatic rings. The van der Waals surface area contributed by atoms with Crippen molar-refractivity contribution in [2.45, 2.75) is 6.42 Å². The molecule has 0 atom stereocenters. The van der Waals surface area contributed by atoms with Crippen LogP contribution in [0.4, 0.5) is 0 Å². The maximum Gasteiger partial charge on any atom is 0.322 e. The number of nitrogens with one attached hydrogen (secondary N) is 2. The minimum Gasteiger partial charge on any atom is -0.480 e. The number of nitrogens with zero attached hydrogens (tertiary/aromatic N) is 1. The molecule has 0 heterocycles. The highest BCUT2D eigenvalue weighted by Gasteiger charge is 2.09. The van der Waals surface area contributed by atoms with Gasteiger partial charge in [-0.15, -0.1) is 0 Å². The van der Waals surface area contributed by atoms with Gasteiger partial charge in [0.05, 0.1) is 13.5 Å². The van der Waals surface area contributed by atoms with Crippen LogP contribution in [0.2, 0.25) is 0 Å². The van der Waals surface area contributed by atoms with E-state index in [0.29, 0.717) is 0 Å². The zero-order chi connectivity index (χ0) is 14.0. The first-order chi connectivity index (χ1) is 8.51. The molecular weight excluding hydrogens is 242 g/mol. The maximum absolute atomic E-state index is 11.3. The molecule has 0 aromatic heterocycles. The van der Waals surface area contributed by atoms with Gasteiger partial charge in [0.25, 0.3) is 5.91 Å². The van der Waals surface area contributed by atoms with Crippen LogP contribution in [0.3, 0.4) is 0 Å². The van der Waals surface area contributed by atoms with E-state index in [4.69, 9.17) is 10.4 Å². The highest BCUT2D eigenvalue weighted by atomic mass is 16.5. The molecule has 18 heavy (non-hydrogen) atoms. The zero-order valence-corrected chi connectivity index (χ0v) is 9.73. The van der Waals surface area contributed by atoms with E-state index in [9.17, 15) is 14.4 Å². The highest BCUT2D eigenvalue weighted by molar-refractivity contribution is 5.98. The van der Waals surface area contributed by atoms with Gasteiger partial charge in [0.2, 0.25) is 0 Å². The Balaban J connectivity index is 4.15. The number of carbonyl (C=O) groups is 3.